The van der Waals surface area contributed by atoms with Crippen LogP contribution in [0.15, 0.2) is 36.4 Å². The Hall–Kier alpha value is -0.300. The molecule has 0 spiro atoms. The average Bonchev–Trinajstić information content (AvgIpc) is 2.25. The molecule has 98 valence electrons. The van der Waals surface area contributed by atoms with Crippen LogP contribution < -0.4 is 0 Å². The van der Waals surface area contributed by atoms with E-state index in [4.69, 9.17) is 0 Å². The molecule has 19 heavy (non-hydrogen) atoms. The number of fused-ring (bicyclic) bond motifs is 1. The molecular weight excluding hydrogens is 239 g/mol. The van der Waals surface area contributed by atoms with E-state index in [1.807, 2.05) is 0 Å². The van der Waals surface area contributed by atoms with Gasteiger partial charge in [0, 0.05) is 0 Å². The number of rotatable bonds is 0. The van der Waals surface area contributed by atoms with Crippen LogP contribution in [0, 0.1) is 0 Å². The van der Waals surface area contributed by atoms with Gasteiger partial charge in [-0.05, 0) is 32.7 Å². The maximum absolute atomic E-state index is 2.32. The second-order valence-electron chi connectivity index (χ2n) is 7.28. The molecular formula is C18H25Na. The molecule has 0 bridgehead atoms. The summed E-state index contributed by atoms with van der Waals surface area (Å²) in [4.78, 5) is 0. The normalized spacial score (nSPS) is 12.3. The van der Waals surface area contributed by atoms with Gasteiger partial charge in [0.05, 0.1) is 0 Å². The third kappa shape index (κ3) is 3.84. The van der Waals surface area contributed by atoms with Crippen molar-refractivity contribution in [3.8, 4) is 0 Å². The predicted octanol–water partition coefficient (Wildman–Crippen LogP) is 4.79. The van der Waals surface area contributed by atoms with Crippen LogP contribution in [-0.4, -0.2) is 29.6 Å². The molecule has 0 aromatic heterocycles. The van der Waals surface area contributed by atoms with Gasteiger partial charge in [0.1, 0.15) is 0 Å². The van der Waals surface area contributed by atoms with Crippen LogP contribution in [0.3, 0.4) is 0 Å². The van der Waals surface area contributed by atoms with Crippen molar-refractivity contribution < 1.29 is 0 Å². The monoisotopic (exact) mass is 264 g/mol. The predicted molar refractivity (Wildman–Crippen MR) is 88.5 cm³/mol. The summed E-state index contributed by atoms with van der Waals surface area (Å²) < 4.78 is 0. The molecule has 0 radical (unpaired) electrons. The van der Waals surface area contributed by atoms with Crippen LogP contribution in [0.2, 0.25) is 0 Å². The zero-order valence-electron chi connectivity index (χ0n) is 12.5. The Morgan fingerprint density at radius 2 is 0.895 bits per heavy atom. The SMILES string of the molecule is CC(C)(C)c1ccc2cc(C(C)(C)C)ccc2c1.[NaH]. The zero-order chi connectivity index (χ0) is 13.6. The van der Waals surface area contributed by atoms with E-state index in [9.17, 15) is 0 Å². The molecule has 0 N–H and O–H groups in total. The molecule has 0 heterocycles. The Balaban J connectivity index is 0.00000180. The Kier molecular flexibility index (Phi) is 4.93. The first-order chi connectivity index (χ1) is 8.18. The van der Waals surface area contributed by atoms with E-state index < -0.39 is 0 Å². The van der Waals surface area contributed by atoms with Gasteiger partial charge in [-0.3, -0.25) is 0 Å². The summed E-state index contributed by atoms with van der Waals surface area (Å²) >= 11 is 0. The average molecular weight is 264 g/mol. The first-order valence-corrected chi connectivity index (χ1v) is 6.73. The van der Waals surface area contributed by atoms with E-state index in [2.05, 4.69) is 77.9 Å². The van der Waals surface area contributed by atoms with Gasteiger partial charge in [-0.25, -0.2) is 0 Å². The van der Waals surface area contributed by atoms with Gasteiger partial charge >= 0.3 is 29.6 Å². The van der Waals surface area contributed by atoms with Crippen molar-refractivity contribution in [3.05, 3.63) is 47.5 Å². The fraction of sp³-hybridized carbons (Fsp3) is 0.444. The van der Waals surface area contributed by atoms with Crippen LogP contribution in [0.25, 0.3) is 10.8 Å². The minimum absolute atomic E-state index is 0. The van der Waals surface area contributed by atoms with E-state index in [0.717, 1.165) is 0 Å². The summed E-state index contributed by atoms with van der Waals surface area (Å²) in [7, 11) is 0. The summed E-state index contributed by atoms with van der Waals surface area (Å²) in [5.41, 5.74) is 3.24. The number of hydrogen-bond donors (Lipinski definition) is 0. The third-order valence-corrected chi connectivity index (χ3v) is 3.57. The molecule has 2 aromatic rings. The van der Waals surface area contributed by atoms with Crippen molar-refractivity contribution in [2.24, 2.45) is 0 Å². The van der Waals surface area contributed by atoms with Crippen molar-refractivity contribution in [1.82, 2.24) is 0 Å². The number of benzene rings is 2. The van der Waals surface area contributed by atoms with Crippen molar-refractivity contribution >= 4 is 40.3 Å². The Bertz CT molecular complexity index is 515. The van der Waals surface area contributed by atoms with Gasteiger partial charge < -0.3 is 0 Å². The molecule has 0 saturated carbocycles. The standard InChI is InChI=1S/C18H24.Na.H/c1-17(2,3)15-9-7-14-12-16(18(4,5)6)10-8-13(14)11-15;;/h7-12H,1-6H3;;. The zero-order valence-corrected chi connectivity index (χ0v) is 12.5. The molecule has 0 aliphatic carbocycles. The fourth-order valence-electron chi connectivity index (χ4n) is 2.18. The molecule has 0 unspecified atom stereocenters. The van der Waals surface area contributed by atoms with E-state index in [1.165, 1.54) is 21.9 Å². The van der Waals surface area contributed by atoms with E-state index in [1.54, 1.807) is 0 Å². The van der Waals surface area contributed by atoms with E-state index in [-0.39, 0.29) is 40.4 Å². The first kappa shape index (κ1) is 16.8. The Labute approximate surface area is 139 Å². The molecule has 2 aromatic carbocycles. The molecule has 0 fully saturated rings. The molecule has 2 rings (SSSR count). The second kappa shape index (κ2) is 5.60. The quantitative estimate of drug-likeness (QED) is 0.600. The van der Waals surface area contributed by atoms with Gasteiger partial charge in [0.15, 0.2) is 0 Å². The van der Waals surface area contributed by atoms with Crippen LogP contribution in [0.5, 0.6) is 0 Å². The van der Waals surface area contributed by atoms with Gasteiger partial charge in [0.25, 0.3) is 0 Å². The fourth-order valence-corrected chi connectivity index (χ4v) is 2.18. The Morgan fingerprint density at radius 3 is 1.16 bits per heavy atom. The summed E-state index contributed by atoms with van der Waals surface area (Å²) in [6.07, 6.45) is 0. The van der Waals surface area contributed by atoms with Crippen LogP contribution in [0.4, 0.5) is 0 Å². The number of hydrogen-bond acceptors (Lipinski definition) is 0. The van der Waals surface area contributed by atoms with Crippen molar-refractivity contribution in [2.75, 3.05) is 0 Å². The first-order valence-electron chi connectivity index (χ1n) is 6.73. The molecule has 0 saturated heterocycles. The van der Waals surface area contributed by atoms with Gasteiger partial charge in [-0.2, -0.15) is 0 Å². The van der Waals surface area contributed by atoms with Crippen LogP contribution in [-0.2, 0) is 10.8 Å². The molecule has 0 aliphatic heterocycles. The molecule has 0 amide bonds. The van der Waals surface area contributed by atoms with Gasteiger partial charge in [-0.15, -0.1) is 0 Å². The molecule has 0 aliphatic rings. The van der Waals surface area contributed by atoms with Crippen molar-refractivity contribution in [1.29, 1.82) is 0 Å². The maximum atomic E-state index is 2.32. The minimum atomic E-state index is 0. The molecule has 1 heteroatoms. The third-order valence-electron chi connectivity index (χ3n) is 3.57. The summed E-state index contributed by atoms with van der Waals surface area (Å²) in [5, 5.41) is 2.69. The summed E-state index contributed by atoms with van der Waals surface area (Å²) in [5.74, 6) is 0. The topological polar surface area (TPSA) is 0 Å². The summed E-state index contributed by atoms with van der Waals surface area (Å²) in [6, 6.07) is 13.7. The van der Waals surface area contributed by atoms with Gasteiger partial charge in [0.2, 0.25) is 0 Å². The van der Waals surface area contributed by atoms with Crippen molar-refractivity contribution in [2.45, 2.75) is 52.4 Å². The van der Waals surface area contributed by atoms with Crippen LogP contribution in [0.1, 0.15) is 52.7 Å². The Morgan fingerprint density at radius 1 is 0.579 bits per heavy atom. The second-order valence-corrected chi connectivity index (χ2v) is 7.28. The molecule has 0 atom stereocenters. The van der Waals surface area contributed by atoms with Gasteiger partial charge in [-0.1, -0.05) is 77.9 Å². The van der Waals surface area contributed by atoms with Crippen molar-refractivity contribution in [3.63, 3.8) is 0 Å². The molecule has 0 nitrogen and oxygen atoms in total. The van der Waals surface area contributed by atoms with Crippen LogP contribution >= 0.6 is 0 Å². The van der Waals surface area contributed by atoms with E-state index in [0.29, 0.717) is 0 Å². The van der Waals surface area contributed by atoms with E-state index >= 15 is 0 Å². The summed E-state index contributed by atoms with van der Waals surface area (Å²) in [6.45, 7) is 13.6.